The van der Waals surface area contributed by atoms with Gasteiger partial charge in [-0.05, 0) is 37.7 Å². The maximum atomic E-state index is 6.00. The highest BCUT2D eigenvalue weighted by molar-refractivity contribution is 7.98. The highest BCUT2D eigenvalue weighted by Gasteiger charge is 2.10. The Labute approximate surface area is 104 Å². The fourth-order valence-electron chi connectivity index (χ4n) is 1.95. The number of thioether (sulfide) groups is 1. The molecule has 0 aromatic carbocycles. The first kappa shape index (κ1) is 13.7. The van der Waals surface area contributed by atoms with Crippen molar-refractivity contribution in [2.24, 2.45) is 10.7 Å². The molecule has 0 unspecified atom stereocenters. The molecule has 0 radical (unpaired) electrons. The zero-order valence-electron chi connectivity index (χ0n) is 10.5. The van der Waals surface area contributed by atoms with E-state index < -0.39 is 0 Å². The largest absolute Gasteiger partial charge is 0.370 e. The van der Waals surface area contributed by atoms with E-state index in [9.17, 15) is 0 Å². The number of rotatable bonds is 5. The number of unbranched alkanes of at least 4 members (excludes halogenated alkanes) is 1. The van der Waals surface area contributed by atoms with Crippen LogP contribution in [0.2, 0.25) is 0 Å². The molecular weight excluding hydrogens is 218 g/mol. The monoisotopic (exact) mass is 243 g/mol. The first-order chi connectivity index (χ1) is 7.84. The molecule has 0 atom stereocenters. The van der Waals surface area contributed by atoms with E-state index in [1.165, 1.54) is 37.9 Å². The van der Waals surface area contributed by atoms with Crippen molar-refractivity contribution >= 4 is 17.7 Å². The highest BCUT2D eigenvalue weighted by atomic mass is 32.2. The first-order valence-electron chi connectivity index (χ1n) is 6.38. The van der Waals surface area contributed by atoms with Gasteiger partial charge in [0.1, 0.15) is 0 Å². The summed E-state index contributed by atoms with van der Waals surface area (Å²) >= 11 is 1.90. The molecule has 16 heavy (non-hydrogen) atoms. The number of hydrogen-bond acceptors (Lipinski definition) is 2. The van der Waals surface area contributed by atoms with E-state index in [0.717, 1.165) is 32.0 Å². The molecule has 0 amide bonds. The van der Waals surface area contributed by atoms with E-state index in [-0.39, 0.29) is 0 Å². The van der Waals surface area contributed by atoms with Gasteiger partial charge in [-0.1, -0.05) is 12.8 Å². The minimum atomic E-state index is 0.769. The van der Waals surface area contributed by atoms with E-state index >= 15 is 0 Å². The fraction of sp³-hybridized carbons (Fsp3) is 0.917. The Kier molecular flexibility index (Phi) is 7.47. The van der Waals surface area contributed by atoms with Gasteiger partial charge in [-0.3, -0.25) is 4.99 Å². The molecule has 1 rings (SSSR count). The summed E-state index contributed by atoms with van der Waals surface area (Å²) in [5, 5.41) is 0. The van der Waals surface area contributed by atoms with Crippen molar-refractivity contribution in [1.29, 1.82) is 0 Å². The third-order valence-corrected chi connectivity index (χ3v) is 3.66. The normalized spacial score (nSPS) is 18.6. The maximum absolute atomic E-state index is 6.00. The van der Waals surface area contributed by atoms with Gasteiger partial charge >= 0.3 is 0 Å². The Bertz CT molecular complexity index is 198. The molecule has 0 aromatic heterocycles. The predicted molar refractivity (Wildman–Crippen MR) is 74.1 cm³/mol. The fourth-order valence-corrected chi connectivity index (χ4v) is 2.44. The van der Waals surface area contributed by atoms with Gasteiger partial charge in [-0.15, -0.1) is 0 Å². The third-order valence-electron chi connectivity index (χ3n) is 2.96. The van der Waals surface area contributed by atoms with Gasteiger partial charge in [0.2, 0.25) is 0 Å². The molecule has 1 aliphatic rings. The zero-order valence-corrected chi connectivity index (χ0v) is 11.3. The molecular formula is C12H25N3S. The summed E-state index contributed by atoms with van der Waals surface area (Å²) in [4.78, 5) is 6.72. The molecule has 1 fully saturated rings. The van der Waals surface area contributed by atoms with Gasteiger partial charge in [0.05, 0.1) is 0 Å². The molecule has 94 valence electrons. The van der Waals surface area contributed by atoms with Crippen LogP contribution in [0.5, 0.6) is 0 Å². The predicted octanol–water partition coefficient (Wildman–Crippen LogP) is 2.32. The van der Waals surface area contributed by atoms with Crippen LogP contribution in [0.25, 0.3) is 0 Å². The first-order valence-corrected chi connectivity index (χ1v) is 7.78. The third kappa shape index (κ3) is 5.64. The zero-order chi connectivity index (χ0) is 11.6. The lowest BCUT2D eigenvalue weighted by molar-refractivity contribution is 0.428. The van der Waals surface area contributed by atoms with Crippen molar-refractivity contribution in [3.8, 4) is 0 Å². The summed E-state index contributed by atoms with van der Waals surface area (Å²) in [6, 6.07) is 0. The second kappa shape index (κ2) is 8.74. The molecule has 0 spiro atoms. The lowest BCUT2D eigenvalue weighted by Crippen LogP contribution is -2.38. The quantitative estimate of drug-likeness (QED) is 0.458. The highest BCUT2D eigenvalue weighted by Crippen LogP contribution is 2.09. The Morgan fingerprint density at radius 3 is 2.50 bits per heavy atom. The van der Waals surface area contributed by atoms with Crippen molar-refractivity contribution in [3.63, 3.8) is 0 Å². The SMILES string of the molecule is CSCCCCN=C(N)N1CCCCCC1. The number of likely N-dealkylation sites (tertiary alicyclic amines) is 1. The summed E-state index contributed by atoms with van der Waals surface area (Å²) in [7, 11) is 0. The van der Waals surface area contributed by atoms with Crippen LogP contribution in [0, 0.1) is 0 Å². The van der Waals surface area contributed by atoms with Crippen LogP contribution in [0.1, 0.15) is 38.5 Å². The van der Waals surface area contributed by atoms with Crippen LogP contribution in [-0.2, 0) is 0 Å². The molecule has 0 bridgehead atoms. The summed E-state index contributed by atoms with van der Waals surface area (Å²) in [5.74, 6) is 2.00. The van der Waals surface area contributed by atoms with Crippen LogP contribution < -0.4 is 5.73 Å². The minimum absolute atomic E-state index is 0.769. The average Bonchev–Trinajstić information content (AvgIpc) is 2.57. The van der Waals surface area contributed by atoms with Gasteiger partial charge in [0.25, 0.3) is 0 Å². The number of aliphatic imine (C=N–C) groups is 1. The molecule has 0 aromatic rings. The molecule has 0 aliphatic carbocycles. The topological polar surface area (TPSA) is 41.6 Å². The number of nitrogens with zero attached hydrogens (tertiary/aromatic N) is 2. The van der Waals surface area contributed by atoms with Crippen LogP contribution in [-0.4, -0.2) is 42.5 Å². The molecule has 0 saturated carbocycles. The number of guanidine groups is 1. The lowest BCUT2D eigenvalue weighted by atomic mass is 10.2. The van der Waals surface area contributed by atoms with E-state index in [4.69, 9.17) is 5.73 Å². The minimum Gasteiger partial charge on any atom is -0.370 e. The van der Waals surface area contributed by atoms with Gasteiger partial charge in [0.15, 0.2) is 5.96 Å². The Balaban J connectivity index is 2.19. The summed E-state index contributed by atoms with van der Waals surface area (Å²) in [6.07, 6.45) is 9.78. The second-order valence-corrected chi connectivity index (χ2v) is 5.33. The number of nitrogens with two attached hydrogens (primary N) is 1. The summed E-state index contributed by atoms with van der Waals surface area (Å²) in [6.45, 7) is 3.09. The second-order valence-electron chi connectivity index (χ2n) is 4.34. The molecule has 1 aliphatic heterocycles. The lowest BCUT2D eigenvalue weighted by Gasteiger charge is -2.21. The van der Waals surface area contributed by atoms with Crippen LogP contribution in [0.4, 0.5) is 0 Å². The van der Waals surface area contributed by atoms with Crippen LogP contribution in [0.15, 0.2) is 4.99 Å². The van der Waals surface area contributed by atoms with Crippen molar-refractivity contribution < 1.29 is 0 Å². The maximum Gasteiger partial charge on any atom is 0.191 e. The summed E-state index contributed by atoms with van der Waals surface area (Å²) in [5.41, 5.74) is 6.00. The molecule has 2 N–H and O–H groups in total. The van der Waals surface area contributed by atoms with E-state index in [2.05, 4.69) is 16.1 Å². The van der Waals surface area contributed by atoms with Gasteiger partial charge in [-0.2, -0.15) is 11.8 Å². The van der Waals surface area contributed by atoms with E-state index in [0.29, 0.717) is 0 Å². The van der Waals surface area contributed by atoms with E-state index in [1.54, 1.807) is 0 Å². The average molecular weight is 243 g/mol. The van der Waals surface area contributed by atoms with Gasteiger partial charge < -0.3 is 10.6 Å². The van der Waals surface area contributed by atoms with Crippen LogP contribution >= 0.6 is 11.8 Å². The molecule has 4 heteroatoms. The Morgan fingerprint density at radius 1 is 1.19 bits per heavy atom. The van der Waals surface area contributed by atoms with Crippen LogP contribution in [0.3, 0.4) is 0 Å². The molecule has 1 saturated heterocycles. The van der Waals surface area contributed by atoms with E-state index in [1.807, 2.05) is 11.8 Å². The standard InChI is InChI=1S/C12H25N3S/c1-16-11-7-4-8-14-12(13)15-9-5-2-3-6-10-15/h2-11H2,1H3,(H2,13,14). The molecule has 3 nitrogen and oxygen atoms in total. The van der Waals surface area contributed by atoms with Gasteiger partial charge in [-0.25, -0.2) is 0 Å². The Hall–Kier alpha value is -0.380. The van der Waals surface area contributed by atoms with Crippen molar-refractivity contribution in [3.05, 3.63) is 0 Å². The van der Waals surface area contributed by atoms with Gasteiger partial charge in [0, 0.05) is 19.6 Å². The van der Waals surface area contributed by atoms with Crippen molar-refractivity contribution in [2.45, 2.75) is 38.5 Å². The smallest absolute Gasteiger partial charge is 0.191 e. The number of hydrogen-bond donors (Lipinski definition) is 1. The molecule has 1 heterocycles. The Morgan fingerprint density at radius 2 is 1.88 bits per heavy atom. The summed E-state index contributed by atoms with van der Waals surface area (Å²) < 4.78 is 0. The van der Waals surface area contributed by atoms with Crippen molar-refractivity contribution in [2.75, 3.05) is 31.6 Å². The van der Waals surface area contributed by atoms with Crippen molar-refractivity contribution in [1.82, 2.24) is 4.90 Å².